The lowest BCUT2D eigenvalue weighted by atomic mass is 10.2. The van der Waals surface area contributed by atoms with E-state index in [4.69, 9.17) is 14.2 Å². The Kier molecular flexibility index (Phi) is 4.29. The zero-order valence-electron chi connectivity index (χ0n) is 11.5. The highest BCUT2D eigenvalue weighted by Crippen LogP contribution is 2.38. The Balaban J connectivity index is 2.22. The third kappa shape index (κ3) is 3.19. The molecule has 0 N–H and O–H groups in total. The van der Waals surface area contributed by atoms with Crippen molar-refractivity contribution in [3.05, 3.63) is 53.6 Å². The molecule has 0 unspecified atom stereocenters. The molecule has 0 atom stereocenters. The molecule has 0 aromatic heterocycles. The Morgan fingerprint density at radius 1 is 0.895 bits per heavy atom. The van der Waals surface area contributed by atoms with Crippen molar-refractivity contribution >= 4 is 0 Å². The lowest BCUT2D eigenvalue weighted by molar-refractivity contribution is 0.275. The van der Waals surface area contributed by atoms with Crippen LogP contribution in [0.4, 0.5) is 0 Å². The van der Waals surface area contributed by atoms with Gasteiger partial charge in [-0.15, -0.1) is 0 Å². The molecule has 0 aliphatic heterocycles. The van der Waals surface area contributed by atoms with Gasteiger partial charge in [-0.1, -0.05) is 30.3 Å². The van der Waals surface area contributed by atoms with E-state index in [0.29, 0.717) is 23.9 Å². The monoisotopic (exact) mass is 258 g/mol. The molecule has 0 aliphatic carbocycles. The number of rotatable bonds is 5. The van der Waals surface area contributed by atoms with Crippen LogP contribution in [-0.2, 0) is 6.61 Å². The van der Waals surface area contributed by atoms with E-state index in [0.717, 1.165) is 11.1 Å². The standard InChI is InChI=1S/C16H18O3/c1-12-9-14(17-2)16(18-3)15(10-12)19-11-13-7-5-4-6-8-13/h4-10H,11H2,1-3H3. The maximum absolute atomic E-state index is 5.83. The molecule has 2 aromatic rings. The Morgan fingerprint density at radius 2 is 1.58 bits per heavy atom. The van der Waals surface area contributed by atoms with Gasteiger partial charge in [0.2, 0.25) is 5.75 Å². The minimum atomic E-state index is 0.504. The molecule has 0 saturated carbocycles. The Morgan fingerprint density at radius 3 is 2.21 bits per heavy atom. The van der Waals surface area contributed by atoms with E-state index in [2.05, 4.69) is 0 Å². The van der Waals surface area contributed by atoms with Crippen LogP contribution < -0.4 is 14.2 Å². The van der Waals surface area contributed by atoms with Gasteiger partial charge >= 0.3 is 0 Å². The molecule has 3 heteroatoms. The van der Waals surface area contributed by atoms with Crippen molar-refractivity contribution in [3.8, 4) is 17.2 Å². The molecule has 0 bridgehead atoms. The Bertz CT molecular complexity index is 535. The number of benzene rings is 2. The fourth-order valence-electron chi connectivity index (χ4n) is 1.90. The molecule has 2 rings (SSSR count). The summed E-state index contributed by atoms with van der Waals surface area (Å²) in [6.45, 7) is 2.50. The summed E-state index contributed by atoms with van der Waals surface area (Å²) >= 11 is 0. The highest BCUT2D eigenvalue weighted by molar-refractivity contribution is 5.53. The van der Waals surface area contributed by atoms with Crippen LogP contribution in [0.1, 0.15) is 11.1 Å². The molecule has 0 saturated heterocycles. The highest BCUT2D eigenvalue weighted by atomic mass is 16.5. The predicted octanol–water partition coefficient (Wildman–Crippen LogP) is 3.59. The first-order valence-electron chi connectivity index (χ1n) is 6.14. The van der Waals surface area contributed by atoms with E-state index >= 15 is 0 Å². The van der Waals surface area contributed by atoms with Crippen molar-refractivity contribution in [1.82, 2.24) is 0 Å². The summed E-state index contributed by atoms with van der Waals surface area (Å²) < 4.78 is 16.5. The number of methoxy groups -OCH3 is 2. The van der Waals surface area contributed by atoms with E-state index in [-0.39, 0.29) is 0 Å². The fraction of sp³-hybridized carbons (Fsp3) is 0.250. The molecule has 0 aliphatic rings. The number of aryl methyl sites for hydroxylation is 1. The van der Waals surface area contributed by atoms with Crippen LogP contribution in [0.25, 0.3) is 0 Å². The van der Waals surface area contributed by atoms with Crippen molar-refractivity contribution in [2.45, 2.75) is 13.5 Å². The average molecular weight is 258 g/mol. The van der Waals surface area contributed by atoms with Crippen LogP contribution in [0, 0.1) is 6.92 Å². The van der Waals surface area contributed by atoms with Crippen LogP contribution >= 0.6 is 0 Å². The highest BCUT2D eigenvalue weighted by Gasteiger charge is 2.12. The summed E-state index contributed by atoms with van der Waals surface area (Å²) in [5.74, 6) is 2.01. The normalized spacial score (nSPS) is 10.1. The second-order valence-corrected chi connectivity index (χ2v) is 4.27. The van der Waals surface area contributed by atoms with Crippen molar-refractivity contribution in [1.29, 1.82) is 0 Å². The smallest absolute Gasteiger partial charge is 0.203 e. The minimum absolute atomic E-state index is 0.504. The van der Waals surface area contributed by atoms with Gasteiger partial charge in [0.1, 0.15) is 6.61 Å². The van der Waals surface area contributed by atoms with E-state index < -0.39 is 0 Å². The zero-order valence-corrected chi connectivity index (χ0v) is 11.5. The molecule has 3 nitrogen and oxygen atoms in total. The number of ether oxygens (including phenoxy) is 3. The lowest BCUT2D eigenvalue weighted by Gasteiger charge is -2.14. The quantitative estimate of drug-likeness (QED) is 0.820. The molecule has 100 valence electrons. The topological polar surface area (TPSA) is 27.7 Å². The summed E-state index contributed by atoms with van der Waals surface area (Å²) in [7, 11) is 3.24. The van der Waals surface area contributed by atoms with Gasteiger partial charge in [-0.3, -0.25) is 0 Å². The van der Waals surface area contributed by atoms with E-state index in [1.54, 1.807) is 14.2 Å². The van der Waals surface area contributed by atoms with E-state index in [1.165, 1.54) is 0 Å². The number of hydrogen-bond donors (Lipinski definition) is 0. The summed E-state index contributed by atoms with van der Waals surface area (Å²) in [6, 6.07) is 13.9. The second kappa shape index (κ2) is 6.14. The predicted molar refractivity (Wildman–Crippen MR) is 75.1 cm³/mol. The Labute approximate surface area is 113 Å². The van der Waals surface area contributed by atoms with E-state index in [1.807, 2.05) is 49.4 Å². The number of hydrogen-bond acceptors (Lipinski definition) is 3. The maximum atomic E-state index is 5.83. The summed E-state index contributed by atoms with van der Waals surface area (Å²) in [6.07, 6.45) is 0. The van der Waals surface area contributed by atoms with Crippen LogP contribution in [0.5, 0.6) is 17.2 Å². The van der Waals surface area contributed by atoms with E-state index in [9.17, 15) is 0 Å². The molecule has 0 radical (unpaired) electrons. The molecule has 0 spiro atoms. The molecule has 0 amide bonds. The first-order valence-corrected chi connectivity index (χ1v) is 6.14. The zero-order chi connectivity index (χ0) is 13.7. The first-order chi connectivity index (χ1) is 9.24. The van der Waals surface area contributed by atoms with Gasteiger partial charge in [0, 0.05) is 0 Å². The average Bonchev–Trinajstić information content (AvgIpc) is 2.45. The Hall–Kier alpha value is -2.16. The molecular weight excluding hydrogens is 240 g/mol. The molecular formula is C16H18O3. The van der Waals surface area contributed by atoms with Gasteiger partial charge in [-0.25, -0.2) is 0 Å². The van der Waals surface area contributed by atoms with Crippen LogP contribution in [0.15, 0.2) is 42.5 Å². The van der Waals surface area contributed by atoms with Crippen molar-refractivity contribution in [2.24, 2.45) is 0 Å². The largest absolute Gasteiger partial charge is 0.493 e. The molecule has 2 aromatic carbocycles. The van der Waals surface area contributed by atoms with Gasteiger partial charge < -0.3 is 14.2 Å². The summed E-state index contributed by atoms with van der Waals surface area (Å²) in [5.41, 5.74) is 2.19. The molecule has 0 heterocycles. The first kappa shape index (κ1) is 13.3. The van der Waals surface area contributed by atoms with Crippen molar-refractivity contribution < 1.29 is 14.2 Å². The third-order valence-corrected chi connectivity index (χ3v) is 2.83. The van der Waals surface area contributed by atoms with Crippen LogP contribution in [0.3, 0.4) is 0 Å². The third-order valence-electron chi connectivity index (χ3n) is 2.83. The molecule has 0 fully saturated rings. The lowest BCUT2D eigenvalue weighted by Crippen LogP contribution is -1.99. The SMILES string of the molecule is COc1cc(C)cc(OCc2ccccc2)c1OC. The van der Waals surface area contributed by atoms with Gasteiger partial charge in [0.15, 0.2) is 11.5 Å². The van der Waals surface area contributed by atoms with Crippen LogP contribution in [-0.4, -0.2) is 14.2 Å². The van der Waals surface area contributed by atoms with Gasteiger partial charge in [0.05, 0.1) is 14.2 Å². The van der Waals surface area contributed by atoms with Gasteiger partial charge in [-0.05, 0) is 30.2 Å². The maximum Gasteiger partial charge on any atom is 0.203 e. The summed E-state index contributed by atoms with van der Waals surface area (Å²) in [5, 5.41) is 0. The van der Waals surface area contributed by atoms with Crippen molar-refractivity contribution in [2.75, 3.05) is 14.2 Å². The van der Waals surface area contributed by atoms with Crippen LogP contribution in [0.2, 0.25) is 0 Å². The fourth-order valence-corrected chi connectivity index (χ4v) is 1.90. The summed E-state index contributed by atoms with van der Waals surface area (Å²) in [4.78, 5) is 0. The minimum Gasteiger partial charge on any atom is -0.493 e. The molecule has 19 heavy (non-hydrogen) atoms. The van der Waals surface area contributed by atoms with Gasteiger partial charge in [-0.2, -0.15) is 0 Å². The van der Waals surface area contributed by atoms with Gasteiger partial charge in [0.25, 0.3) is 0 Å². The van der Waals surface area contributed by atoms with Crippen molar-refractivity contribution in [3.63, 3.8) is 0 Å². The second-order valence-electron chi connectivity index (χ2n) is 4.27.